The van der Waals surface area contributed by atoms with E-state index in [4.69, 9.17) is 0 Å². The molecule has 0 aromatic carbocycles. The third kappa shape index (κ3) is 3.27. The van der Waals surface area contributed by atoms with E-state index in [1.807, 2.05) is 11.3 Å². The zero-order chi connectivity index (χ0) is 16.4. The van der Waals surface area contributed by atoms with Crippen LogP contribution < -0.4 is 5.32 Å². The van der Waals surface area contributed by atoms with Crippen LogP contribution in [-0.2, 0) is 13.0 Å². The van der Waals surface area contributed by atoms with Gasteiger partial charge < -0.3 is 5.32 Å². The largest absolute Gasteiger partial charge is 0.379 e. The molecule has 0 radical (unpaired) electrons. The maximum atomic E-state index is 4.51. The highest BCUT2D eigenvalue weighted by Gasteiger charge is 2.20. The van der Waals surface area contributed by atoms with Crippen molar-refractivity contribution in [2.75, 3.05) is 18.4 Å². The summed E-state index contributed by atoms with van der Waals surface area (Å²) in [7, 11) is 0. The van der Waals surface area contributed by atoms with Gasteiger partial charge in [0.05, 0.1) is 11.4 Å². The molecule has 0 saturated carbocycles. The molecule has 6 nitrogen and oxygen atoms in total. The minimum Gasteiger partial charge on any atom is -0.379 e. The van der Waals surface area contributed by atoms with Gasteiger partial charge in [-0.15, -0.1) is 21.5 Å². The van der Waals surface area contributed by atoms with Crippen molar-refractivity contribution < 1.29 is 0 Å². The lowest BCUT2D eigenvalue weighted by atomic mass is 10.0. The van der Waals surface area contributed by atoms with E-state index in [1.54, 1.807) is 10.8 Å². The van der Waals surface area contributed by atoms with Gasteiger partial charge in [-0.2, -0.15) is 9.61 Å². The summed E-state index contributed by atoms with van der Waals surface area (Å²) in [6, 6.07) is 6.95. The van der Waals surface area contributed by atoms with E-state index in [2.05, 4.69) is 56.0 Å². The van der Waals surface area contributed by atoms with Gasteiger partial charge in [-0.25, -0.2) is 0 Å². The van der Waals surface area contributed by atoms with E-state index in [0.29, 0.717) is 6.04 Å². The summed E-state index contributed by atoms with van der Waals surface area (Å²) in [6.45, 7) is 5.45. The molecular formula is C17H22N6S. The Balaban J connectivity index is 1.41. The molecule has 3 aromatic heterocycles. The fourth-order valence-electron chi connectivity index (χ4n) is 3.24. The molecule has 1 N–H and O–H groups in total. The summed E-state index contributed by atoms with van der Waals surface area (Å²) in [5, 5.41) is 18.5. The quantitative estimate of drug-likeness (QED) is 0.773. The number of fused-ring (bicyclic) bond motifs is 1. The van der Waals surface area contributed by atoms with E-state index < -0.39 is 0 Å². The molecule has 0 unspecified atom stereocenters. The second-order valence-electron chi connectivity index (χ2n) is 6.28. The Labute approximate surface area is 145 Å². The number of nitrogens with one attached hydrogen (secondary N) is 1. The lowest BCUT2D eigenvalue weighted by Gasteiger charge is -2.32. The average Bonchev–Trinajstić information content (AvgIpc) is 3.28. The van der Waals surface area contributed by atoms with Crippen LogP contribution in [0.4, 0.5) is 5.69 Å². The van der Waals surface area contributed by atoms with Gasteiger partial charge in [-0.3, -0.25) is 4.90 Å². The van der Waals surface area contributed by atoms with E-state index >= 15 is 0 Å². The number of hydrogen-bond acceptors (Lipinski definition) is 6. The smallest absolute Gasteiger partial charge is 0.200 e. The number of hydrogen-bond donors (Lipinski definition) is 1. The van der Waals surface area contributed by atoms with Crippen molar-refractivity contribution in [3.05, 3.63) is 40.5 Å². The van der Waals surface area contributed by atoms with Crippen molar-refractivity contribution in [1.29, 1.82) is 0 Å². The molecule has 4 heterocycles. The van der Waals surface area contributed by atoms with Gasteiger partial charge in [-0.1, -0.05) is 13.0 Å². The first-order chi connectivity index (χ1) is 11.8. The van der Waals surface area contributed by atoms with Gasteiger partial charge in [0.1, 0.15) is 6.33 Å². The first-order valence-corrected chi connectivity index (χ1v) is 9.41. The zero-order valence-electron chi connectivity index (χ0n) is 13.9. The van der Waals surface area contributed by atoms with Crippen LogP contribution in [0.3, 0.4) is 0 Å². The number of thiophene rings is 1. The summed E-state index contributed by atoms with van der Waals surface area (Å²) in [6.07, 6.45) is 4.87. The lowest BCUT2D eigenvalue weighted by molar-refractivity contribution is 0.213. The molecule has 1 aliphatic heterocycles. The Morgan fingerprint density at radius 2 is 2.21 bits per heavy atom. The maximum absolute atomic E-state index is 4.51. The second kappa shape index (κ2) is 6.86. The summed E-state index contributed by atoms with van der Waals surface area (Å²) >= 11 is 1.84. The second-order valence-corrected chi connectivity index (χ2v) is 7.31. The van der Waals surface area contributed by atoms with Gasteiger partial charge >= 0.3 is 0 Å². The molecule has 1 aliphatic rings. The van der Waals surface area contributed by atoms with E-state index in [0.717, 1.165) is 55.9 Å². The topological polar surface area (TPSA) is 58.3 Å². The molecule has 1 saturated heterocycles. The average molecular weight is 342 g/mol. The number of nitrogens with zero attached hydrogens (tertiary/aromatic N) is 5. The van der Waals surface area contributed by atoms with Crippen LogP contribution in [0.2, 0.25) is 0 Å². The Morgan fingerprint density at radius 3 is 2.96 bits per heavy atom. The number of rotatable bonds is 5. The monoisotopic (exact) mass is 342 g/mol. The molecule has 0 bridgehead atoms. The number of anilines is 1. The van der Waals surface area contributed by atoms with Crippen LogP contribution >= 0.6 is 11.3 Å². The van der Waals surface area contributed by atoms with Crippen molar-refractivity contribution in [3.8, 4) is 0 Å². The molecule has 0 spiro atoms. The third-order valence-corrected chi connectivity index (χ3v) is 5.45. The van der Waals surface area contributed by atoms with Crippen molar-refractivity contribution in [3.63, 3.8) is 0 Å². The maximum Gasteiger partial charge on any atom is 0.200 e. The summed E-state index contributed by atoms with van der Waals surface area (Å²) in [4.78, 5) is 3.99. The van der Waals surface area contributed by atoms with Crippen molar-refractivity contribution in [2.45, 2.75) is 38.8 Å². The van der Waals surface area contributed by atoms with Gasteiger partial charge in [0, 0.05) is 30.6 Å². The van der Waals surface area contributed by atoms with Crippen LogP contribution in [0.1, 0.15) is 30.3 Å². The fraction of sp³-hybridized carbons (Fsp3) is 0.471. The van der Waals surface area contributed by atoms with Crippen molar-refractivity contribution in [1.82, 2.24) is 24.7 Å². The van der Waals surface area contributed by atoms with Crippen LogP contribution in [-0.4, -0.2) is 43.8 Å². The number of aromatic nitrogens is 4. The Kier molecular flexibility index (Phi) is 4.44. The highest BCUT2D eigenvalue weighted by molar-refractivity contribution is 7.09. The predicted molar refractivity (Wildman–Crippen MR) is 96.4 cm³/mol. The van der Waals surface area contributed by atoms with Gasteiger partial charge in [0.2, 0.25) is 5.65 Å². The van der Waals surface area contributed by atoms with Crippen molar-refractivity contribution in [2.24, 2.45) is 0 Å². The molecule has 0 aliphatic carbocycles. The van der Waals surface area contributed by atoms with E-state index in [9.17, 15) is 0 Å². The third-order valence-electron chi connectivity index (χ3n) is 4.59. The molecule has 3 aromatic rings. The zero-order valence-corrected chi connectivity index (χ0v) is 14.7. The van der Waals surface area contributed by atoms with Gasteiger partial charge in [-0.05, 0) is 36.8 Å². The normalized spacial score (nSPS) is 16.7. The first-order valence-electron chi connectivity index (χ1n) is 8.53. The van der Waals surface area contributed by atoms with Gasteiger partial charge in [0.25, 0.3) is 0 Å². The molecule has 4 rings (SSSR count). The SMILES string of the molecule is CCc1cc(NC2CCN(Cc3cccs3)CC2)c2nncn2n1. The lowest BCUT2D eigenvalue weighted by Crippen LogP contribution is -2.38. The standard InChI is InChI=1S/C17H22N6S/c1-2-13-10-16(17-20-18-12-23(17)21-13)19-14-5-7-22(8-6-14)11-15-4-3-9-24-15/h3-4,9-10,12,14,19H,2,5-8,11H2,1H3. The molecule has 24 heavy (non-hydrogen) atoms. The summed E-state index contributed by atoms with van der Waals surface area (Å²) < 4.78 is 1.77. The highest BCUT2D eigenvalue weighted by Crippen LogP contribution is 2.22. The minimum atomic E-state index is 0.484. The minimum absolute atomic E-state index is 0.484. The Hall–Kier alpha value is -1.99. The Morgan fingerprint density at radius 1 is 1.33 bits per heavy atom. The first kappa shape index (κ1) is 15.5. The van der Waals surface area contributed by atoms with E-state index in [1.165, 1.54) is 4.88 Å². The fourth-order valence-corrected chi connectivity index (χ4v) is 3.98. The van der Waals surface area contributed by atoms with Crippen LogP contribution in [0.5, 0.6) is 0 Å². The number of piperidine rings is 1. The van der Waals surface area contributed by atoms with E-state index in [-0.39, 0.29) is 0 Å². The number of aryl methyl sites for hydroxylation is 1. The molecule has 0 amide bonds. The van der Waals surface area contributed by atoms with Crippen LogP contribution in [0, 0.1) is 0 Å². The Bertz CT molecular complexity index is 789. The van der Waals surface area contributed by atoms with Crippen LogP contribution in [0.25, 0.3) is 5.65 Å². The molecule has 1 fully saturated rings. The molecule has 7 heteroatoms. The predicted octanol–water partition coefficient (Wildman–Crippen LogP) is 2.82. The molecular weight excluding hydrogens is 320 g/mol. The van der Waals surface area contributed by atoms with Gasteiger partial charge in [0.15, 0.2) is 0 Å². The van der Waals surface area contributed by atoms with Crippen molar-refractivity contribution >= 4 is 22.7 Å². The molecule has 126 valence electrons. The highest BCUT2D eigenvalue weighted by atomic mass is 32.1. The molecule has 0 atom stereocenters. The number of likely N-dealkylation sites (tertiary alicyclic amines) is 1. The summed E-state index contributed by atoms with van der Waals surface area (Å²) in [5.74, 6) is 0. The summed E-state index contributed by atoms with van der Waals surface area (Å²) in [5.41, 5.74) is 2.92. The van der Waals surface area contributed by atoms with Crippen LogP contribution in [0.15, 0.2) is 29.9 Å².